The van der Waals surface area contributed by atoms with Crippen LogP contribution >= 0.6 is 8.53 Å². The van der Waals surface area contributed by atoms with E-state index in [0.717, 1.165) is 16.7 Å². The van der Waals surface area contributed by atoms with E-state index < -0.39 is 38.1 Å². The van der Waals surface area contributed by atoms with Gasteiger partial charge in [-0.1, -0.05) is 68.4 Å². The SMILES string of the molecule is COc1ccc(C(OCC2OC(n3cnc4c(=O)[nH]c(NC(=O)C(C)C)nc43)CC2OP(OCCC#N)N(C(C)C)C(C)C)(c2ccccc2)c2ccc(OC)cc2)cc1. The third-order valence-electron chi connectivity index (χ3n) is 10.2. The van der Waals surface area contributed by atoms with Gasteiger partial charge < -0.3 is 28.0 Å². The molecule has 0 radical (unpaired) electrons. The Bertz CT molecular complexity index is 2220. The molecule has 3 heterocycles. The zero-order valence-corrected chi connectivity index (χ0v) is 36.2. The van der Waals surface area contributed by atoms with Crippen molar-refractivity contribution in [2.75, 3.05) is 32.8 Å². The highest BCUT2D eigenvalue weighted by Gasteiger charge is 2.45. The average molecular weight is 840 g/mol. The second-order valence-electron chi connectivity index (χ2n) is 15.3. The number of ether oxygens (including phenoxy) is 4. The zero-order valence-electron chi connectivity index (χ0n) is 35.3. The van der Waals surface area contributed by atoms with E-state index in [1.807, 2.05) is 78.9 Å². The summed E-state index contributed by atoms with van der Waals surface area (Å²) in [5.74, 6) is 0.758. The number of anilines is 1. The van der Waals surface area contributed by atoms with Crippen molar-refractivity contribution in [2.24, 2.45) is 5.92 Å². The van der Waals surface area contributed by atoms with E-state index in [9.17, 15) is 14.9 Å². The molecule has 2 aromatic heterocycles. The second-order valence-corrected chi connectivity index (χ2v) is 16.7. The van der Waals surface area contributed by atoms with E-state index >= 15 is 0 Å². The summed E-state index contributed by atoms with van der Waals surface area (Å²) in [6.45, 7) is 12.0. The summed E-state index contributed by atoms with van der Waals surface area (Å²) in [5.41, 5.74) is 1.24. The van der Waals surface area contributed by atoms with Crippen molar-refractivity contribution in [3.63, 3.8) is 0 Å². The molecule has 6 rings (SSSR count). The van der Waals surface area contributed by atoms with Crippen LogP contribution in [0.4, 0.5) is 5.95 Å². The molecule has 5 aromatic rings. The minimum atomic E-state index is -1.70. The molecule has 4 unspecified atom stereocenters. The first-order valence-corrected chi connectivity index (χ1v) is 21.2. The summed E-state index contributed by atoms with van der Waals surface area (Å²) < 4.78 is 42.5. The fraction of sp³-hybridized carbons (Fsp3) is 0.432. The fourth-order valence-corrected chi connectivity index (χ4v) is 9.04. The molecule has 1 aliphatic rings. The number of hydrogen-bond acceptors (Lipinski definition) is 12. The second kappa shape index (κ2) is 19.9. The highest BCUT2D eigenvalue weighted by Crippen LogP contribution is 2.51. The highest BCUT2D eigenvalue weighted by molar-refractivity contribution is 7.44. The summed E-state index contributed by atoms with van der Waals surface area (Å²) in [6, 6.07) is 27.8. The van der Waals surface area contributed by atoms with Crippen molar-refractivity contribution in [3.05, 3.63) is 112 Å². The summed E-state index contributed by atoms with van der Waals surface area (Å²) in [7, 11) is 1.56. The average Bonchev–Trinajstić information content (AvgIpc) is 3.85. The van der Waals surface area contributed by atoms with Gasteiger partial charge in [0.15, 0.2) is 11.2 Å². The third kappa shape index (κ3) is 9.71. The van der Waals surface area contributed by atoms with Gasteiger partial charge in [0.1, 0.15) is 29.4 Å². The smallest absolute Gasteiger partial charge is 0.280 e. The Hall–Kier alpha value is -5.20. The van der Waals surface area contributed by atoms with E-state index in [4.69, 9.17) is 28.0 Å². The summed E-state index contributed by atoms with van der Waals surface area (Å²) in [5, 5.41) is 12.1. The van der Waals surface area contributed by atoms with Crippen molar-refractivity contribution in [1.29, 1.82) is 5.26 Å². The van der Waals surface area contributed by atoms with Crippen LogP contribution in [0.25, 0.3) is 11.2 Å². The maximum Gasteiger partial charge on any atom is 0.280 e. The maximum absolute atomic E-state index is 13.2. The molecule has 0 saturated carbocycles. The lowest BCUT2D eigenvalue weighted by Crippen LogP contribution is -2.39. The van der Waals surface area contributed by atoms with Crippen molar-refractivity contribution in [1.82, 2.24) is 24.2 Å². The number of nitriles is 1. The maximum atomic E-state index is 13.2. The summed E-state index contributed by atoms with van der Waals surface area (Å²) >= 11 is 0. The number of aromatic amines is 1. The van der Waals surface area contributed by atoms with Crippen LogP contribution < -0.4 is 20.3 Å². The number of hydrogen-bond donors (Lipinski definition) is 2. The van der Waals surface area contributed by atoms with E-state index in [2.05, 4.69) is 58.7 Å². The molecule has 1 fully saturated rings. The Morgan fingerprint density at radius 3 is 2.12 bits per heavy atom. The quantitative estimate of drug-likeness (QED) is 0.0472. The van der Waals surface area contributed by atoms with Crippen LogP contribution in [0.15, 0.2) is 90.0 Å². The molecule has 15 nitrogen and oxygen atoms in total. The van der Waals surface area contributed by atoms with Gasteiger partial charge >= 0.3 is 0 Å². The molecule has 1 saturated heterocycles. The van der Waals surface area contributed by atoms with Crippen LogP contribution in [0.2, 0.25) is 0 Å². The van der Waals surface area contributed by atoms with Gasteiger partial charge in [0.2, 0.25) is 11.9 Å². The molecule has 0 aliphatic carbocycles. The van der Waals surface area contributed by atoms with Crippen LogP contribution in [-0.4, -0.2) is 81.8 Å². The summed E-state index contributed by atoms with van der Waals surface area (Å²) in [4.78, 5) is 37.4. The number of H-pyrrole nitrogens is 1. The molecule has 0 spiro atoms. The number of methoxy groups -OCH3 is 2. The molecule has 3 aromatic carbocycles. The Kier molecular flexibility index (Phi) is 14.7. The van der Waals surface area contributed by atoms with E-state index in [1.54, 1.807) is 32.6 Å². The lowest BCUT2D eigenvalue weighted by atomic mass is 9.80. The molecule has 60 heavy (non-hydrogen) atoms. The molecular weight excluding hydrogens is 785 g/mol. The van der Waals surface area contributed by atoms with Crippen LogP contribution in [0.5, 0.6) is 11.5 Å². The highest BCUT2D eigenvalue weighted by atomic mass is 31.2. The van der Waals surface area contributed by atoms with Gasteiger partial charge in [-0.25, -0.2) is 9.65 Å². The van der Waals surface area contributed by atoms with Crippen molar-refractivity contribution in [3.8, 4) is 17.6 Å². The van der Waals surface area contributed by atoms with Gasteiger partial charge in [-0.2, -0.15) is 10.2 Å². The number of aromatic nitrogens is 4. The Labute approximate surface area is 351 Å². The predicted octanol–water partition coefficient (Wildman–Crippen LogP) is 7.69. The molecule has 318 valence electrons. The van der Waals surface area contributed by atoms with Gasteiger partial charge in [0.25, 0.3) is 14.1 Å². The number of imidazole rings is 1. The van der Waals surface area contributed by atoms with Crippen LogP contribution in [0, 0.1) is 17.2 Å². The summed E-state index contributed by atoms with van der Waals surface area (Å²) in [6.07, 6.45) is -0.0106. The van der Waals surface area contributed by atoms with Gasteiger partial charge in [-0.05, 0) is 68.7 Å². The van der Waals surface area contributed by atoms with Crippen LogP contribution in [-0.2, 0) is 28.9 Å². The first kappa shape index (κ1) is 44.4. The lowest BCUT2D eigenvalue weighted by Gasteiger charge is -2.39. The number of carbonyl (C=O) groups excluding carboxylic acids is 1. The largest absolute Gasteiger partial charge is 0.497 e. The number of carbonyl (C=O) groups is 1. The minimum Gasteiger partial charge on any atom is -0.497 e. The first-order valence-electron chi connectivity index (χ1n) is 20.1. The molecule has 1 amide bonds. The topological polar surface area (TPSA) is 175 Å². The van der Waals surface area contributed by atoms with E-state index in [-0.39, 0.29) is 60.7 Å². The first-order chi connectivity index (χ1) is 28.9. The van der Waals surface area contributed by atoms with Gasteiger partial charge in [-0.3, -0.25) is 24.5 Å². The number of fused-ring (bicyclic) bond motifs is 1. The van der Waals surface area contributed by atoms with E-state index in [1.165, 1.54) is 6.33 Å². The Morgan fingerprint density at radius 1 is 0.967 bits per heavy atom. The Morgan fingerprint density at radius 2 is 1.57 bits per heavy atom. The number of benzene rings is 3. The molecule has 2 N–H and O–H groups in total. The molecule has 0 bridgehead atoms. The van der Waals surface area contributed by atoms with Crippen LogP contribution in [0.1, 0.15) is 77.3 Å². The molecular formula is C44H54N7O8P. The number of nitrogens with one attached hydrogen (secondary N) is 2. The van der Waals surface area contributed by atoms with Crippen molar-refractivity contribution < 1.29 is 32.8 Å². The molecule has 16 heteroatoms. The standard InChI is InChI=1S/C44H54N7O8P/c1-28(2)41(52)48-43-47-40-39(42(53)49-43)46-27-50(40)38-25-36(59-60(57-24-12-23-45)51(29(3)4)30(5)6)37(58-38)26-56-44(31-13-10-9-11-14-31,32-15-19-34(54-7)20-16-32)33-17-21-35(55-8)22-18-33/h9-11,13-22,27-30,36-38H,12,24-26H2,1-8H3,(H2,47,48,49,52,53). The fourth-order valence-electron chi connectivity index (χ4n) is 7.28. The Balaban J connectivity index is 1.45. The molecule has 4 atom stereocenters. The third-order valence-corrected chi connectivity index (χ3v) is 12.4. The molecule has 1 aliphatic heterocycles. The van der Waals surface area contributed by atoms with Gasteiger partial charge in [0, 0.05) is 24.4 Å². The van der Waals surface area contributed by atoms with Crippen LogP contribution in [0.3, 0.4) is 0 Å². The lowest BCUT2D eigenvalue weighted by molar-refractivity contribution is -0.118. The van der Waals surface area contributed by atoms with Gasteiger partial charge in [0.05, 0.1) is 52.4 Å². The minimum absolute atomic E-state index is 0.00387. The van der Waals surface area contributed by atoms with E-state index in [0.29, 0.717) is 17.9 Å². The van der Waals surface area contributed by atoms with Gasteiger partial charge in [-0.15, -0.1) is 0 Å². The number of amides is 1. The predicted molar refractivity (Wildman–Crippen MR) is 228 cm³/mol. The van der Waals surface area contributed by atoms with Crippen molar-refractivity contribution in [2.45, 2.75) is 90.5 Å². The number of nitrogens with zero attached hydrogens (tertiary/aromatic N) is 5. The number of rotatable bonds is 19. The normalized spacial score (nSPS) is 17.4. The van der Waals surface area contributed by atoms with Crippen molar-refractivity contribution >= 4 is 31.5 Å². The monoisotopic (exact) mass is 839 g/mol. The zero-order chi connectivity index (χ0) is 43.0.